The number of amidine groups is 1. The normalized spacial score (nSPS) is 21.1. The Morgan fingerprint density at radius 2 is 2.33 bits per heavy atom. The van der Waals surface area contributed by atoms with Crippen LogP contribution < -0.4 is 10.6 Å². The van der Waals surface area contributed by atoms with Gasteiger partial charge in [0.25, 0.3) is 0 Å². The molecule has 0 spiro atoms. The fourth-order valence-electron chi connectivity index (χ4n) is 2.20. The molecular formula is C13H19N3O2. The first-order valence-electron chi connectivity index (χ1n) is 6.19. The standard InChI is InChI=1S/C13H19N3O2/c1-2-10-9-16(7-8-18-10)12-6-4-3-5-11(12)13(14)15-17/h3-6,10,17H,2,7-9H2,1H3,(H2,14,15). The molecule has 5 nitrogen and oxygen atoms in total. The van der Waals surface area contributed by atoms with Gasteiger partial charge in [0.05, 0.1) is 12.7 Å². The first kappa shape index (κ1) is 12.7. The Labute approximate surface area is 107 Å². The molecule has 1 aliphatic rings. The van der Waals surface area contributed by atoms with Gasteiger partial charge in [-0.05, 0) is 18.6 Å². The lowest BCUT2D eigenvalue weighted by Crippen LogP contribution is -2.43. The van der Waals surface area contributed by atoms with Crippen molar-refractivity contribution in [2.75, 3.05) is 24.6 Å². The lowest BCUT2D eigenvalue weighted by Gasteiger charge is -2.35. The van der Waals surface area contributed by atoms with Crippen molar-refractivity contribution in [2.45, 2.75) is 19.4 Å². The van der Waals surface area contributed by atoms with Crippen molar-refractivity contribution in [1.29, 1.82) is 0 Å². The van der Waals surface area contributed by atoms with Crippen molar-refractivity contribution >= 4 is 11.5 Å². The van der Waals surface area contributed by atoms with Gasteiger partial charge in [0.1, 0.15) is 0 Å². The minimum atomic E-state index is 0.144. The number of anilines is 1. The van der Waals surface area contributed by atoms with Crippen molar-refractivity contribution in [3.63, 3.8) is 0 Å². The Hall–Kier alpha value is -1.75. The zero-order valence-electron chi connectivity index (χ0n) is 10.5. The van der Waals surface area contributed by atoms with Crippen LogP contribution in [0.4, 0.5) is 5.69 Å². The van der Waals surface area contributed by atoms with E-state index < -0.39 is 0 Å². The summed E-state index contributed by atoms with van der Waals surface area (Å²) < 4.78 is 5.65. The van der Waals surface area contributed by atoms with Gasteiger partial charge in [0, 0.05) is 24.3 Å². The van der Waals surface area contributed by atoms with Gasteiger partial charge in [-0.2, -0.15) is 0 Å². The number of nitrogens with zero attached hydrogens (tertiary/aromatic N) is 2. The summed E-state index contributed by atoms with van der Waals surface area (Å²) in [5.41, 5.74) is 7.47. The monoisotopic (exact) mass is 249 g/mol. The van der Waals surface area contributed by atoms with Crippen LogP contribution in [0.25, 0.3) is 0 Å². The Morgan fingerprint density at radius 1 is 1.56 bits per heavy atom. The molecule has 1 unspecified atom stereocenters. The van der Waals surface area contributed by atoms with Gasteiger partial charge in [-0.15, -0.1) is 0 Å². The third-order valence-corrected chi connectivity index (χ3v) is 3.22. The molecule has 0 saturated carbocycles. The molecule has 2 rings (SSSR count). The molecule has 0 aromatic heterocycles. The molecule has 1 saturated heterocycles. The Kier molecular flexibility index (Phi) is 4.04. The Bertz CT molecular complexity index is 434. The van der Waals surface area contributed by atoms with Crippen LogP contribution in [-0.4, -0.2) is 36.8 Å². The van der Waals surface area contributed by atoms with Gasteiger partial charge >= 0.3 is 0 Å². The Balaban J connectivity index is 2.27. The van der Waals surface area contributed by atoms with Crippen LogP contribution in [0, 0.1) is 0 Å². The van der Waals surface area contributed by atoms with E-state index in [4.69, 9.17) is 15.7 Å². The number of oxime groups is 1. The number of rotatable bonds is 3. The van der Waals surface area contributed by atoms with Gasteiger partial charge in [0.2, 0.25) is 0 Å². The van der Waals surface area contributed by atoms with Crippen LogP contribution in [0.5, 0.6) is 0 Å². The highest BCUT2D eigenvalue weighted by molar-refractivity contribution is 6.02. The van der Waals surface area contributed by atoms with Crippen molar-refractivity contribution in [3.05, 3.63) is 29.8 Å². The number of hydrogen-bond acceptors (Lipinski definition) is 4. The van der Waals surface area contributed by atoms with Gasteiger partial charge in [-0.3, -0.25) is 0 Å². The molecular weight excluding hydrogens is 230 g/mol. The summed E-state index contributed by atoms with van der Waals surface area (Å²) in [6, 6.07) is 7.70. The van der Waals surface area contributed by atoms with Crippen LogP contribution in [0.2, 0.25) is 0 Å². The van der Waals surface area contributed by atoms with Crippen molar-refractivity contribution in [2.24, 2.45) is 10.9 Å². The smallest absolute Gasteiger partial charge is 0.172 e. The van der Waals surface area contributed by atoms with E-state index in [1.54, 1.807) is 0 Å². The molecule has 5 heteroatoms. The highest BCUT2D eigenvalue weighted by Gasteiger charge is 2.21. The summed E-state index contributed by atoms with van der Waals surface area (Å²) >= 11 is 0. The molecule has 0 aliphatic carbocycles. The highest BCUT2D eigenvalue weighted by atomic mass is 16.5. The molecule has 3 N–H and O–H groups in total. The molecule has 1 aromatic rings. The number of para-hydroxylation sites is 1. The summed E-state index contributed by atoms with van der Waals surface area (Å²) in [6.07, 6.45) is 1.24. The average Bonchev–Trinajstić information content (AvgIpc) is 2.46. The van der Waals surface area contributed by atoms with Gasteiger partial charge < -0.3 is 20.6 Å². The SMILES string of the molecule is CCC1CN(c2ccccc2/C(N)=N/O)CCO1. The topological polar surface area (TPSA) is 71.1 Å². The predicted molar refractivity (Wildman–Crippen MR) is 71.2 cm³/mol. The largest absolute Gasteiger partial charge is 0.409 e. The van der Waals surface area contributed by atoms with Crippen molar-refractivity contribution in [1.82, 2.24) is 0 Å². The molecule has 18 heavy (non-hydrogen) atoms. The minimum Gasteiger partial charge on any atom is -0.409 e. The lowest BCUT2D eigenvalue weighted by molar-refractivity contribution is 0.0384. The summed E-state index contributed by atoms with van der Waals surface area (Å²) in [7, 11) is 0. The zero-order valence-corrected chi connectivity index (χ0v) is 10.5. The second-order valence-electron chi connectivity index (χ2n) is 4.35. The fourth-order valence-corrected chi connectivity index (χ4v) is 2.20. The van der Waals surface area contributed by atoms with E-state index in [9.17, 15) is 0 Å². The van der Waals surface area contributed by atoms with Crippen LogP contribution in [-0.2, 0) is 4.74 Å². The van der Waals surface area contributed by atoms with Gasteiger partial charge in [-0.1, -0.05) is 24.2 Å². The average molecular weight is 249 g/mol. The number of ether oxygens (including phenoxy) is 1. The molecule has 0 radical (unpaired) electrons. The number of morpholine rings is 1. The van der Waals surface area contributed by atoms with Crippen LogP contribution in [0.15, 0.2) is 29.4 Å². The fraction of sp³-hybridized carbons (Fsp3) is 0.462. The van der Waals surface area contributed by atoms with Crippen molar-refractivity contribution < 1.29 is 9.94 Å². The molecule has 1 heterocycles. The summed E-state index contributed by atoms with van der Waals surface area (Å²) in [5.74, 6) is 0.144. The molecule has 1 atom stereocenters. The summed E-state index contributed by atoms with van der Waals surface area (Å²) in [4.78, 5) is 2.23. The van der Waals surface area contributed by atoms with Gasteiger partial charge in [0.15, 0.2) is 5.84 Å². The van der Waals surface area contributed by atoms with E-state index in [0.717, 1.165) is 30.8 Å². The van der Waals surface area contributed by atoms with E-state index in [0.29, 0.717) is 6.61 Å². The zero-order chi connectivity index (χ0) is 13.0. The predicted octanol–water partition coefficient (Wildman–Crippen LogP) is 1.40. The third kappa shape index (κ3) is 2.56. The second-order valence-corrected chi connectivity index (χ2v) is 4.35. The van der Waals surface area contributed by atoms with E-state index in [1.165, 1.54) is 0 Å². The minimum absolute atomic E-state index is 0.144. The first-order chi connectivity index (χ1) is 8.76. The maximum Gasteiger partial charge on any atom is 0.172 e. The lowest BCUT2D eigenvalue weighted by atomic mass is 10.1. The first-order valence-corrected chi connectivity index (χ1v) is 6.19. The van der Waals surface area contributed by atoms with Gasteiger partial charge in [-0.25, -0.2) is 0 Å². The number of nitrogens with two attached hydrogens (primary N) is 1. The number of hydrogen-bond donors (Lipinski definition) is 2. The molecule has 0 bridgehead atoms. The van der Waals surface area contributed by atoms with Crippen LogP contribution >= 0.6 is 0 Å². The van der Waals surface area contributed by atoms with Crippen LogP contribution in [0.3, 0.4) is 0 Å². The quantitative estimate of drug-likeness (QED) is 0.367. The Morgan fingerprint density at radius 3 is 3.06 bits per heavy atom. The maximum absolute atomic E-state index is 8.83. The van der Waals surface area contributed by atoms with Crippen LogP contribution in [0.1, 0.15) is 18.9 Å². The molecule has 1 fully saturated rings. The van der Waals surface area contributed by atoms with Crippen molar-refractivity contribution in [3.8, 4) is 0 Å². The summed E-state index contributed by atoms with van der Waals surface area (Å²) in [6.45, 7) is 4.49. The van der Waals surface area contributed by atoms with E-state index >= 15 is 0 Å². The van der Waals surface area contributed by atoms with E-state index in [-0.39, 0.29) is 11.9 Å². The maximum atomic E-state index is 8.83. The second kappa shape index (κ2) is 5.73. The van der Waals surface area contributed by atoms with E-state index in [2.05, 4.69) is 17.0 Å². The molecule has 0 amide bonds. The molecule has 1 aromatic carbocycles. The van der Waals surface area contributed by atoms with E-state index in [1.807, 2.05) is 24.3 Å². The molecule has 98 valence electrons. The number of benzene rings is 1. The highest BCUT2D eigenvalue weighted by Crippen LogP contribution is 2.23. The molecule has 1 aliphatic heterocycles. The third-order valence-electron chi connectivity index (χ3n) is 3.22. The summed E-state index contributed by atoms with van der Waals surface area (Å²) in [5, 5.41) is 11.9.